The highest BCUT2D eigenvalue weighted by molar-refractivity contribution is 9.09. The van der Waals surface area contributed by atoms with Crippen molar-refractivity contribution in [1.29, 1.82) is 0 Å². The quantitative estimate of drug-likeness (QED) is 0.451. The van der Waals surface area contributed by atoms with Crippen molar-refractivity contribution >= 4 is 27.7 Å². The number of hydrogen-bond acceptors (Lipinski definition) is 4. The maximum Gasteiger partial charge on any atom is 0.318 e. The Balaban J connectivity index is 1.59. The highest BCUT2D eigenvalue weighted by atomic mass is 79.9. The Hall–Kier alpha value is -0.420. The van der Waals surface area contributed by atoms with Gasteiger partial charge in [-0.25, -0.2) is 0 Å². The zero-order chi connectivity index (χ0) is 12.7. The Morgan fingerprint density at radius 3 is 2.89 bits per heavy atom. The summed E-state index contributed by atoms with van der Waals surface area (Å²) in [6, 6.07) is 0. The second-order valence-corrected chi connectivity index (χ2v) is 6.23. The first-order valence-corrected chi connectivity index (χ1v) is 7.68. The molecule has 4 nitrogen and oxygen atoms in total. The summed E-state index contributed by atoms with van der Waals surface area (Å²) in [6.07, 6.45) is 4.20. The molecular formula is C13H17BrO4. The van der Waals surface area contributed by atoms with E-state index < -0.39 is 0 Å². The summed E-state index contributed by atoms with van der Waals surface area (Å²) in [6.45, 7) is -0.0231. The molecule has 4 saturated carbocycles. The number of rotatable bonds is 4. The van der Waals surface area contributed by atoms with Crippen LogP contribution in [0.2, 0.25) is 0 Å². The van der Waals surface area contributed by atoms with Crippen LogP contribution in [0.4, 0.5) is 0 Å². The summed E-state index contributed by atoms with van der Waals surface area (Å²) in [5, 5.41) is 0.178. The van der Waals surface area contributed by atoms with Gasteiger partial charge in [0.15, 0.2) is 6.79 Å². The van der Waals surface area contributed by atoms with Crippen LogP contribution in [0.25, 0.3) is 0 Å². The van der Waals surface area contributed by atoms with Gasteiger partial charge < -0.3 is 9.47 Å². The summed E-state index contributed by atoms with van der Waals surface area (Å²) < 4.78 is 10.6. The van der Waals surface area contributed by atoms with Crippen LogP contribution >= 0.6 is 15.9 Å². The van der Waals surface area contributed by atoms with Gasteiger partial charge in [-0.2, -0.15) is 0 Å². The predicted octanol–water partition coefficient (Wildman–Crippen LogP) is 1.90. The lowest BCUT2D eigenvalue weighted by molar-refractivity contribution is -0.187. The normalized spacial score (nSPS) is 41.2. The summed E-state index contributed by atoms with van der Waals surface area (Å²) in [5.74, 6) is 1.62. The first-order valence-electron chi connectivity index (χ1n) is 6.56. The Kier molecular flexibility index (Phi) is 3.45. The van der Waals surface area contributed by atoms with Crippen LogP contribution in [-0.2, 0) is 19.1 Å². The smallest absolute Gasteiger partial charge is 0.318 e. The number of ether oxygens (including phenoxy) is 2. The van der Waals surface area contributed by atoms with E-state index >= 15 is 0 Å². The van der Waals surface area contributed by atoms with Gasteiger partial charge >= 0.3 is 5.97 Å². The fraction of sp³-hybridized carbons (Fsp3) is 0.846. The standard InChI is InChI=1S/C13H17BrO4/c14-5-11(15)17-6-18-13-9-2-7-1-8(4-9)12(16)10(13)3-7/h7-10,13H,1-6H2. The molecule has 4 fully saturated rings. The number of halogens is 1. The van der Waals surface area contributed by atoms with Gasteiger partial charge in [0.2, 0.25) is 0 Å². The van der Waals surface area contributed by atoms with Crippen molar-refractivity contribution < 1.29 is 19.1 Å². The Morgan fingerprint density at radius 2 is 2.11 bits per heavy atom. The molecule has 4 aliphatic carbocycles. The molecule has 0 N–H and O–H groups in total. The first kappa shape index (κ1) is 12.6. The summed E-state index contributed by atoms with van der Waals surface area (Å²) >= 11 is 3.03. The average molecular weight is 317 g/mol. The van der Waals surface area contributed by atoms with E-state index in [9.17, 15) is 9.59 Å². The molecule has 4 aliphatic rings. The molecular weight excluding hydrogens is 300 g/mol. The van der Waals surface area contributed by atoms with Crippen molar-refractivity contribution in [2.75, 3.05) is 12.1 Å². The molecule has 0 aliphatic heterocycles. The Morgan fingerprint density at radius 1 is 1.28 bits per heavy atom. The van der Waals surface area contributed by atoms with Gasteiger partial charge in [0, 0.05) is 11.8 Å². The van der Waals surface area contributed by atoms with Crippen LogP contribution < -0.4 is 0 Å². The Bertz CT molecular complexity index is 370. The third-order valence-corrected chi connectivity index (χ3v) is 5.10. The maximum atomic E-state index is 12.1. The minimum Gasteiger partial charge on any atom is -0.438 e. The molecule has 5 heteroatoms. The monoisotopic (exact) mass is 316 g/mol. The topological polar surface area (TPSA) is 52.6 Å². The van der Waals surface area contributed by atoms with Gasteiger partial charge in [-0.1, -0.05) is 15.9 Å². The van der Waals surface area contributed by atoms with Gasteiger partial charge in [0.25, 0.3) is 0 Å². The van der Waals surface area contributed by atoms with Crippen LogP contribution in [0.1, 0.15) is 25.7 Å². The van der Waals surface area contributed by atoms with Crippen LogP contribution in [0, 0.1) is 23.7 Å². The van der Waals surface area contributed by atoms with Gasteiger partial charge in [0.1, 0.15) is 11.1 Å². The van der Waals surface area contributed by atoms with E-state index in [0.29, 0.717) is 11.7 Å². The maximum absolute atomic E-state index is 12.1. The molecule has 0 spiro atoms. The van der Waals surface area contributed by atoms with Gasteiger partial charge in [0.05, 0.1) is 6.10 Å². The second-order valence-electron chi connectivity index (χ2n) is 5.67. The number of ketones is 1. The SMILES string of the molecule is O=C(CBr)OCOC1C2CC3CC(C2)C(=O)C1C3. The molecule has 4 rings (SSSR count). The minimum atomic E-state index is -0.329. The molecule has 5 atom stereocenters. The molecule has 0 amide bonds. The van der Waals surface area contributed by atoms with Crippen LogP contribution in [0.5, 0.6) is 0 Å². The Labute approximate surface area is 115 Å². The van der Waals surface area contributed by atoms with E-state index in [0.717, 1.165) is 25.2 Å². The largest absolute Gasteiger partial charge is 0.438 e. The zero-order valence-electron chi connectivity index (χ0n) is 10.1. The van der Waals surface area contributed by atoms with E-state index in [-0.39, 0.29) is 36.0 Å². The number of hydrogen-bond donors (Lipinski definition) is 0. The molecule has 0 aromatic rings. The van der Waals surface area contributed by atoms with Crippen molar-refractivity contribution in [3.05, 3.63) is 0 Å². The van der Waals surface area contributed by atoms with E-state index in [4.69, 9.17) is 9.47 Å². The molecule has 0 heterocycles. The summed E-state index contributed by atoms with van der Waals surface area (Å²) in [4.78, 5) is 23.1. The van der Waals surface area contributed by atoms with Crippen LogP contribution in [-0.4, -0.2) is 30.0 Å². The van der Waals surface area contributed by atoms with Crippen molar-refractivity contribution in [1.82, 2.24) is 0 Å². The minimum absolute atomic E-state index is 0.0200. The molecule has 0 radical (unpaired) electrons. The van der Waals surface area contributed by atoms with Gasteiger partial charge in [-0.05, 0) is 37.5 Å². The lowest BCUT2D eigenvalue weighted by Gasteiger charge is -2.52. The number of carbonyl (C=O) groups is 2. The van der Waals surface area contributed by atoms with Crippen molar-refractivity contribution in [3.63, 3.8) is 0 Å². The number of carbonyl (C=O) groups excluding carboxylic acids is 2. The first-order chi connectivity index (χ1) is 8.69. The van der Waals surface area contributed by atoms with E-state index in [1.807, 2.05) is 0 Å². The highest BCUT2D eigenvalue weighted by Crippen LogP contribution is 2.52. The number of alkyl halides is 1. The third-order valence-electron chi connectivity index (χ3n) is 4.65. The fourth-order valence-electron chi connectivity index (χ4n) is 4.05. The molecule has 0 saturated heterocycles. The van der Waals surface area contributed by atoms with Crippen molar-refractivity contribution in [3.8, 4) is 0 Å². The number of Topliss-reactive ketones (excluding diaryl/α,β-unsaturated/α-hetero) is 1. The van der Waals surface area contributed by atoms with Crippen molar-refractivity contribution in [2.45, 2.75) is 31.8 Å². The van der Waals surface area contributed by atoms with E-state index in [1.54, 1.807) is 0 Å². The highest BCUT2D eigenvalue weighted by Gasteiger charge is 2.53. The molecule has 100 valence electrons. The molecule has 18 heavy (non-hydrogen) atoms. The average Bonchev–Trinajstić information content (AvgIpc) is 2.37. The molecule has 0 aromatic carbocycles. The molecule has 5 unspecified atom stereocenters. The van der Waals surface area contributed by atoms with Gasteiger partial charge in [-0.3, -0.25) is 9.59 Å². The van der Waals surface area contributed by atoms with E-state index in [2.05, 4.69) is 15.9 Å². The molecule has 0 aromatic heterocycles. The lowest BCUT2D eigenvalue weighted by atomic mass is 9.54. The van der Waals surface area contributed by atoms with Gasteiger partial charge in [-0.15, -0.1) is 0 Å². The predicted molar refractivity (Wildman–Crippen MR) is 67.1 cm³/mol. The van der Waals surface area contributed by atoms with Crippen LogP contribution in [0.15, 0.2) is 0 Å². The summed E-state index contributed by atoms with van der Waals surface area (Å²) in [7, 11) is 0. The zero-order valence-corrected chi connectivity index (χ0v) is 11.7. The molecule has 4 bridgehead atoms. The lowest BCUT2D eigenvalue weighted by Crippen LogP contribution is -2.55. The fourth-order valence-corrected chi connectivity index (χ4v) is 4.21. The van der Waals surface area contributed by atoms with E-state index in [1.165, 1.54) is 6.42 Å². The van der Waals surface area contributed by atoms with Crippen molar-refractivity contribution in [2.24, 2.45) is 23.7 Å². The van der Waals surface area contributed by atoms with Crippen LogP contribution in [0.3, 0.4) is 0 Å². The second kappa shape index (κ2) is 4.93. The third kappa shape index (κ3) is 2.11. The number of esters is 1. The summed E-state index contributed by atoms with van der Waals surface area (Å²) in [5.41, 5.74) is 0.